The van der Waals surface area contributed by atoms with Gasteiger partial charge in [0.1, 0.15) is 0 Å². The summed E-state index contributed by atoms with van der Waals surface area (Å²) in [4.78, 5) is 15.7. The first-order chi connectivity index (χ1) is 18.1. The van der Waals surface area contributed by atoms with Gasteiger partial charge in [-0.15, -0.1) is 0 Å². The van der Waals surface area contributed by atoms with Gasteiger partial charge in [0.2, 0.25) is 0 Å². The number of nitrogens with one attached hydrogen (secondary N) is 3. The molecule has 2 heterocycles. The van der Waals surface area contributed by atoms with E-state index in [1.54, 1.807) is 0 Å². The number of hydrogen-bond donors (Lipinski definition) is 3. The van der Waals surface area contributed by atoms with E-state index < -0.39 is 0 Å². The van der Waals surface area contributed by atoms with Gasteiger partial charge in [-0.25, -0.2) is 0 Å². The van der Waals surface area contributed by atoms with E-state index in [0.717, 1.165) is 60.8 Å². The van der Waals surface area contributed by atoms with E-state index in [9.17, 15) is 4.79 Å². The Hall–Kier alpha value is -3.57. The number of benzene rings is 3. The summed E-state index contributed by atoms with van der Waals surface area (Å²) in [5.41, 5.74) is 9.70. The SMILES string of the molecule is CCC1=C(NC(=O)c2ccc(C3CCN(C)CC3)cc2)c2ccc(Nc3ccccc3CC)cc2NC1. The van der Waals surface area contributed by atoms with E-state index in [-0.39, 0.29) is 5.91 Å². The summed E-state index contributed by atoms with van der Waals surface area (Å²) in [6.45, 7) is 7.31. The van der Waals surface area contributed by atoms with Crippen LogP contribution in [0.3, 0.4) is 0 Å². The minimum Gasteiger partial charge on any atom is -0.381 e. The molecule has 0 atom stereocenters. The molecule has 37 heavy (non-hydrogen) atoms. The Morgan fingerprint density at radius 1 is 0.973 bits per heavy atom. The first-order valence-electron chi connectivity index (χ1n) is 13.6. The van der Waals surface area contributed by atoms with Gasteiger partial charge in [-0.1, -0.05) is 44.2 Å². The van der Waals surface area contributed by atoms with Crippen molar-refractivity contribution >= 4 is 28.7 Å². The molecule has 2 aliphatic rings. The van der Waals surface area contributed by atoms with Crippen molar-refractivity contribution in [2.75, 3.05) is 37.3 Å². The normalized spacial score (nSPS) is 16.2. The quantitative estimate of drug-likeness (QED) is 0.339. The number of carbonyl (C=O) groups is 1. The maximum absolute atomic E-state index is 13.3. The van der Waals surface area contributed by atoms with Crippen molar-refractivity contribution in [3.05, 3.63) is 94.6 Å². The second-order valence-electron chi connectivity index (χ2n) is 10.2. The lowest BCUT2D eigenvalue weighted by Gasteiger charge is -2.29. The molecule has 0 aliphatic carbocycles. The summed E-state index contributed by atoms with van der Waals surface area (Å²) in [5, 5.41) is 10.4. The number of carbonyl (C=O) groups excluding carboxylic acids is 1. The van der Waals surface area contributed by atoms with Gasteiger partial charge < -0.3 is 20.9 Å². The van der Waals surface area contributed by atoms with Crippen molar-refractivity contribution < 1.29 is 4.79 Å². The number of fused-ring (bicyclic) bond motifs is 1. The molecule has 5 rings (SSSR count). The molecular formula is C32H38N4O. The number of nitrogens with zero attached hydrogens (tertiary/aromatic N) is 1. The van der Waals surface area contributed by atoms with Crippen LogP contribution in [0.4, 0.5) is 17.1 Å². The van der Waals surface area contributed by atoms with Gasteiger partial charge in [-0.2, -0.15) is 0 Å². The van der Waals surface area contributed by atoms with Gasteiger partial charge in [0.25, 0.3) is 5.91 Å². The summed E-state index contributed by atoms with van der Waals surface area (Å²) >= 11 is 0. The zero-order valence-corrected chi connectivity index (χ0v) is 22.2. The number of anilines is 3. The zero-order valence-electron chi connectivity index (χ0n) is 22.2. The maximum Gasteiger partial charge on any atom is 0.255 e. The molecule has 1 saturated heterocycles. The molecule has 0 bridgehead atoms. The Bertz CT molecular complexity index is 1290. The maximum atomic E-state index is 13.3. The summed E-state index contributed by atoms with van der Waals surface area (Å²) in [6, 6.07) is 23.0. The molecule has 2 aliphatic heterocycles. The molecule has 3 aromatic rings. The summed E-state index contributed by atoms with van der Waals surface area (Å²) in [5.74, 6) is 0.536. The molecule has 0 unspecified atom stereocenters. The largest absolute Gasteiger partial charge is 0.381 e. The predicted octanol–water partition coefficient (Wildman–Crippen LogP) is 6.78. The highest BCUT2D eigenvalue weighted by Crippen LogP contribution is 2.34. The first-order valence-corrected chi connectivity index (χ1v) is 13.6. The molecule has 5 heteroatoms. The average Bonchev–Trinajstić information content (AvgIpc) is 2.94. The predicted molar refractivity (Wildman–Crippen MR) is 155 cm³/mol. The molecule has 0 radical (unpaired) electrons. The summed E-state index contributed by atoms with van der Waals surface area (Å²) in [7, 11) is 2.19. The first kappa shape index (κ1) is 25.1. The lowest BCUT2D eigenvalue weighted by atomic mass is 9.89. The Morgan fingerprint density at radius 3 is 2.46 bits per heavy atom. The van der Waals surface area contributed by atoms with Crippen molar-refractivity contribution in [3.8, 4) is 0 Å². The van der Waals surface area contributed by atoms with Crippen LogP contribution < -0.4 is 16.0 Å². The highest BCUT2D eigenvalue weighted by atomic mass is 16.1. The van der Waals surface area contributed by atoms with Crippen LogP contribution in [0.5, 0.6) is 0 Å². The Morgan fingerprint density at radius 2 is 1.73 bits per heavy atom. The monoisotopic (exact) mass is 494 g/mol. The van der Waals surface area contributed by atoms with E-state index in [1.165, 1.54) is 29.5 Å². The third-order valence-electron chi connectivity index (χ3n) is 7.84. The fraction of sp³-hybridized carbons (Fsp3) is 0.344. The molecule has 0 spiro atoms. The fourth-order valence-corrected chi connectivity index (χ4v) is 5.46. The van der Waals surface area contributed by atoms with E-state index >= 15 is 0 Å². The van der Waals surface area contributed by atoms with Crippen LogP contribution in [0, 0.1) is 0 Å². The second-order valence-corrected chi connectivity index (χ2v) is 10.2. The second kappa shape index (κ2) is 11.2. The number of hydrogen-bond acceptors (Lipinski definition) is 4. The van der Waals surface area contributed by atoms with E-state index in [4.69, 9.17) is 0 Å². The van der Waals surface area contributed by atoms with Crippen LogP contribution >= 0.6 is 0 Å². The van der Waals surface area contributed by atoms with Crippen molar-refractivity contribution in [2.45, 2.75) is 45.4 Å². The number of amides is 1. The highest BCUT2D eigenvalue weighted by Gasteiger charge is 2.22. The Kier molecular flexibility index (Phi) is 7.61. The Labute approximate surface area is 221 Å². The average molecular weight is 495 g/mol. The van der Waals surface area contributed by atoms with E-state index in [2.05, 4.69) is 96.3 Å². The van der Waals surface area contributed by atoms with Gasteiger partial charge in [0.05, 0.1) is 5.70 Å². The van der Waals surface area contributed by atoms with Gasteiger partial charge >= 0.3 is 0 Å². The molecule has 1 amide bonds. The smallest absolute Gasteiger partial charge is 0.255 e. The molecule has 3 aromatic carbocycles. The lowest BCUT2D eigenvalue weighted by molar-refractivity contribution is 0.0973. The number of aryl methyl sites for hydroxylation is 1. The van der Waals surface area contributed by atoms with Gasteiger partial charge in [0.15, 0.2) is 0 Å². The highest BCUT2D eigenvalue weighted by molar-refractivity contribution is 6.01. The van der Waals surface area contributed by atoms with Crippen molar-refractivity contribution in [2.24, 2.45) is 0 Å². The van der Waals surface area contributed by atoms with Crippen LogP contribution in [0.1, 0.15) is 66.1 Å². The standard InChI is InChI=1S/C32H38N4O/c1-4-22-8-6-7-9-29(22)34-27-14-15-28-30(20-27)33-21-23(5-2)31(28)35-32(37)26-12-10-24(11-13-26)25-16-18-36(3)19-17-25/h6-15,20,25,33-34H,4-5,16-19,21H2,1-3H3,(H,35,37). The molecule has 3 N–H and O–H groups in total. The molecule has 5 nitrogen and oxygen atoms in total. The molecule has 192 valence electrons. The van der Waals surface area contributed by atoms with Gasteiger partial charge in [-0.05, 0) is 105 Å². The summed E-state index contributed by atoms with van der Waals surface area (Å²) < 4.78 is 0. The third kappa shape index (κ3) is 5.57. The molecule has 0 saturated carbocycles. The van der Waals surface area contributed by atoms with Crippen molar-refractivity contribution in [1.82, 2.24) is 10.2 Å². The van der Waals surface area contributed by atoms with E-state index in [0.29, 0.717) is 11.5 Å². The van der Waals surface area contributed by atoms with E-state index in [1.807, 2.05) is 12.1 Å². The minimum absolute atomic E-state index is 0.0530. The minimum atomic E-state index is -0.0530. The fourth-order valence-electron chi connectivity index (χ4n) is 5.46. The lowest BCUT2D eigenvalue weighted by Crippen LogP contribution is -2.29. The third-order valence-corrected chi connectivity index (χ3v) is 7.84. The van der Waals surface area contributed by atoms with Crippen LogP contribution in [-0.4, -0.2) is 37.5 Å². The number of likely N-dealkylation sites (tertiary alicyclic amines) is 1. The Balaban J connectivity index is 1.33. The molecule has 0 aromatic heterocycles. The van der Waals surface area contributed by atoms with Crippen molar-refractivity contribution in [3.63, 3.8) is 0 Å². The van der Waals surface area contributed by atoms with Gasteiger partial charge in [0, 0.05) is 34.7 Å². The molecule has 1 fully saturated rings. The van der Waals surface area contributed by atoms with Crippen LogP contribution in [0.25, 0.3) is 5.70 Å². The zero-order chi connectivity index (χ0) is 25.8. The van der Waals surface area contributed by atoms with Crippen LogP contribution in [0.2, 0.25) is 0 Å². The molecular weight excluding hydrogens is 456 g/mol. The number of rotatable bonds is 7. The number of piperidine rings is 1. The van der Waals surface area contributed by atoms with Crippen LogP contribution in [0.15, 0.2) is 72.3 Å². The van der Waals surface area contributed by atoms with Gasteiger partial charge in [-0.3, -0.25) is 4.79 Å². The topological polar surface area (TPSA) is 56.4 Å². The summed E-state index contributed by atoms with van der Waals surface area (Å²) in [6.07, 6.45) is 4.21. The van der Waals surface area contributed by atoms with Crippen molar-refractivity contribution in [1.29, 1.82) is 0 Å². The number of para-hydroxylation sites is 1. The van der Waals surface area contributed by atoms with Crippen LogP contribution in [-0.2, 0) is 6.42 Å².